The number of ketones is 1. The smallest absolute Gasteiger partial charge is 0.328 e. The van der Waals surface area contributed by atoms with Gasteiger partial charge in [0.05, 0.1) is 16.7 Å². The number of anilines is 2. The van der Waals surface area contributed by atoms with Crippen LogP contribution in [0.1, 0.15) is 17.4 Å². The minimum Gasteiger partial charge on any atom is -0.338 e. The monoisotopic (exact) mass is 362 g/mol. The lowest BCUT2D eigenvalue weighted by Gasteiger charge is -2.10. The molecule has 0 amide bonds. The van der Waals surface area contributed by atoms with E-state index in [0.29, 0.717) is 5.82 Å². The van der Waals surface area contributed by atoms with E-state index in [1.165, 1.54) is 6.92 Å². The summed E-state index contributed by atoms with van der Waals surface area (Å²) < 4.78 is 4.76. The van der Waals surface area contributed by atoms with Gasteiger partial charge in [0.15, 0.2) is 17.3 Å². The van der Waals surface area contributed by atoms with Crippen molar-refractivity contribution in [2.45, 2.75) is 6.92 Å². The van der Waals surface area contributed by atoms with Crippen molar-refractivity contribution in [3.8, 4) is 5.69 Å². The van der Waals surface area contributed by atoms with Crippen molar-refractivity contribution in [1.29, 1.82) is 0 Å². The normalized spacial score (nSPS) is 11.1. The molecule has 0 bridgehead atoms. The molecule has 4 aromatic rings. The number of rotatable bonds is 4. The fourth-order valence-corrected chi connectivity index (χ4v) is 3.10. The van der Waals surface area contributed by atoms with Crippen molar-refractivity contribution < 1.29 is 4.79 Å². The highest BCUT2D eigenvalue weighted by molar-refractivity contribution is 5.97. The number of nitrogens with one attached hydrogen (secondary N) is 1. The van der Waals surface area contributed by atoms with Crippen LogP contribution in [0.25, 0.3) is 16.7 Å². The maximum absolute atomic E-state index is 12.1. The van der Waals surface area contributed by atoms with Gasteiger partial charge in [-0.2, -0.15) is 4.68 Å². The first-order valence-electron chi connectivity index (χ1n) is 8.42. The number of carbonyl (C=O) groups is 1. The molecule has 0 fully saturated rings. The second-order valence-electron chi connectivity index (χ2n) is 6.32. The van der Waals surface area contributed by atoms with E-state index in [1.54, 1.807) is 27.9 Å². The van der Waals surface area contributed by atoms with Gasteiger partial charge in [-0.15, -0.1) is 5.10 Å². The van der Waals surface area contributed by atoms with Crippen LogP contribution in [0.3, 0.4) is 0 Å². The Balaban J connectivity index is 1.84. The van der Waals surface area contributed by atoms with Crippen molar-refractivity contribution in [3.05, 3.63) is 64.7 Å². The molecule has 8 heteroatoms. The van der Waals surface area contributed by atoms with E-state index in [9.17, 15) is 9.59 Å². The highest BCUT2D eigenvalue weighted by atomic mass is 16.1. The molecule has 136 valence electrons. The Morgan fingerprint density at radius 3 is 2.41 bits per heavy atom. The van der Waals surface area contributed by atoms with Gasteiger partial charge >= 0.3 is 5.69 Å². The molecule has 0 saturated carbocycles. The van der Waals surface area contributed by atoms with E-state index in [4.69, 9.17) is 0 Å². The van der Waals surface area contributed by atoms with Gasteiger partial charge in [0.1, 0.15) is 0 Å². The van der Waals surface area contributed by atoms with Crippen molar-refractivity contribution in [2.75, 3.05) is 5.32 Å². The molecule has 2 aromatic carbocycles. The summed E-state index contributed by atoms with van der Waals surface area (Å²) in [5.74, 6) is 0.293. The van der Waals surface area contributed by atoms with Crippen LogP contribution in [-0.4, -0.2) is 29.9 Å². The molecule has 2 aromatic heterocycles. The third kappa shape index (κ3) is 2.71. The maximum atomic E-state index is 12.1. The minimum atomic E-state index is -0.187. The summed E-state index contributed by atoms with van der Waals surface area (Å²) in [4.78, 5) is 24.1. The summed E-state index contributed by atoms with van der Waals surface area (Å²) in [6, 6.07) is 15.0. The van der Waals surface area contributed by atoms with E-state index in [1.807, 2.05) is 48.5 Å². The van der Waals surface area contributed by atoms with Crippen LogP contribution >= 0.6 is 0 Å². The third-order valence-electron chi connectivity index (χ3n) is 4.54. The molecule has 2 heterocycles. The van der Waals surface area contributed by atoms with Crippen LogP contribution in [0.15, 0.2) is 53.3 Å². The first-order valence-corrected chi connectivity index (χ1v) is 8.42. The van der Waals surface area contributed by atoms with Gasteiger partial charge in [0.2, 0.25) is 0 Å². The highest BCUT2D eigenvalue weighted by Gasteiger charge is 2.18. The molecule has 0 atom stereocenters. The van der Waals surface area contributed by atoms with Gasteiger partial charge in [-0.25, -0.2) is 4.79 Å². The fourth-order valence-electron chi connectivity index (χ4n) is 3.10. The van der Waals surface area contributed by atoms with Gasteiger partial charge in [-0.05, 0) is 30.3 Å². The molecule has 0 aliphatic carbocycles. The number of fused-ring (bicyclic) bond motifs is 1. The standard InChI is InChI=1S/C19H18N6O2/c1-12(26)17-18(25(22-21-17)14-7-5-4-6-8-14)20-13-9-10-15-16(11-13)24(3)19(27)23(15)2/h4-11,20H,1-3H3. The molecule has 8 nitrogen and oxygen atoms in total. The highest BCUT2D eigenvalue weighted by Crippen LogP contribution is 2.25. The summed E-state index contributed by atoms with van der Waals surface area (Å²) in [7, 11) is 3.46. The molecule has 0 unspecified atom stereocenters. The zero-order valence-corrected chi connectivity index (χ0v) is 15.2. The largest absolute Gasteiger partial charge is 0.338 e. The fraction of sp³-hybridized carbons (Fsp3) is 0.158. The Hall–Kier alpha value is -3.68. The van der Waals surface area contributed by atoms with Gasteiger partial charge in [0.25, 0.3) is 0 Å². The van der Waals surface area contributed by atoms with Crippen LogP contribution in [0.5, 0.6) is 0 Å². The number of aryl methyl sites for hydroxylation is 2. The summed E-state index contributed by atoms with van der Waals surface area (Å²) in [5.41, 5.74) is 3.28. The molecule has 0 aliphatic heterocycles. The average molecular weight is 362 g/mol. The SMILES string of the molecule is CC(=O)c1nnn(-c2ccccc2)c1Nc1ccc2c(c1)n(C)c(=O)n2C. The van der Waals surface area contributed by atoms with Gasteiger partial charge in [0, 0.05) is 26.7 Å². The number of hydrogen-bond acceptors (Lipinski definition) is 5. The van der Waals surface area contributed by atoms with E-state index in [2.05, 4.69) is 15.6 Å². The van der Waals surface area contributed by atoms with Crippen molar-refractivity contribution in [2.24, 2.45) is 14.1 Å². The second kappa shape index (κ2) is 6.24. The molecule has 0 spiro atoms. The van der Waals surface area contributed by atoms with Crippen molar-refractivity contribution >= 4 is 28.3 Å². The Morgan fingerprint density at radius 1 is 1.00 bits per heavy atom. The average Bonchev–Trinajstić information content (AvgIpc) is 3.18. The van der Waals surface area contributed by atoms with E-state index >= 15 is 0 Å². The van der Waals surface area contributed by atoms with E-state index < -0.39 is 0 Å². The predicted octanol–water partition coefficient (Wildman–Crippen LogP) is 2.40. The first-order chi connectivity index (χ1) is 13.0. The molecule has 4 rings (SSSR count). The number of aromatic nitrogens is 5. The lowest BCUT2D eigenvalue weighted by atomic mass is 10.2. The van der Waals surface area contributed by atoms with Crippen LogP contribution < -0.4 is 11.0 Å². The Labute approximate surface area is 154 Å². The van der Waals surface area contributed by atoms with Crippen molar-refractivity contribution in [1.82, 2.24) is 24.1 Å². The zero-order chi connectivity index (χ0) is 19.1. The molecule has 0 radical (unpaired) electrons. The molecular weight excluding hydrogens is 344 g/mol. The molecule has 0 saturated heterocycles. The number of nitrogens with zero attached hydrogens (tertiary/aromatic N) is 5. The van der Waals surface area contributed by atoms with Crippen LogP contribution in [0.4, 0.5) is 11.5 Å². The van der Waals surface area contributed by atoms with Gasteiger partial charge < -0.3 is 5.32 Å². The summed E-state index contributed by atoms with van der Waals surface area (Å²) in [6.45, 7) is 1.45. The summed E-state index contributed by atoms with van der Waals surface area (Å²) >= 11 is 0. The van der Waals surface area contributed by atoms with E-state index in [-0.39, 0.29) is 17.2 Å². The maximum Gasteiger partial charge on any atom is 0.328 e. The Bertz CT molecular complexity index is 1220. The zero-order valence-electron chi connectivity index (χ0n) is 15.2. The number of hydrogen-bond donors (Lipinski definition) is 1. The van der Waals surface area contributed by atoms with Crippen LogP contribution in [0, 0.1) is 0 Å². The Morgan fingerprint density at radius 2 is 1.70 bits per heavy atom. The minimum absolute atomic E-state index is 0.0948. The van der Waals surface area contributed by atoms with Crippen LogP contribution in [-0.2, 0) is 14.1 Å². The van der Waals surface area contributed by atoms with Gasteiger partial charge in [-0.1, -0.05) is 23.4 Å². The summed E-state index contributed by atoms with van der Waals surface area (Å²) in [6.07, 6.45) is 0. The summed E-state index contributed by atoms with van der Waals surface area (Å²) in [5, 5.41) is 11.4. The number of benzene rings is 2. The molecule has 1 N–H and O–H groups in total. The number of Topliss-reactive ketones (excluding diaryl/α,β-unsaturated/α-hetero) is 1. The number of para-hydroxylation sites is 1. The first kappa shape index (κ1) is 16.8. The number of carbonyl (C=O) groups excluding carboxylic acids is 1. The molecule has 27 heavy (non-hydrogen) atoms. The van der Waals surface area contributed by atoms with Gasteiger partial charge in [-0.3, -0.25) is 13.9 Å². The van der Waals surface area contributed by atoms with Crippen LogP contribution in [0.2, 0.25) is 0 Å². The van der Waals surface area contributed by atoms with E-state index in [0.717, 1.165) is 22.4 Å². The topological polar surface area (TPSA) is 86.7 Å². The van der Waals surface area contributed by atoms with Crippen molar-refractivity contribution in [3.63, 3.8) is 0 Å². The lowest BCUT2D eigenvalue weighted by molar-refractivity contribution is 0.101. The number of imidazole rings is 1. The second-order valence-corrected chi connectivity index (χ2v) is 6.32. The molecule has 0 aliphatic rings. The third-order valence-corrected chi connectivity index (χ3v) is 4.54. The molecular formula is C19H18N6O2. The quantitative estimate of drug-likeness (QED) is 0.563. The lowest BCUT2D eigenvalue weighted by Crippen LogP contribution is -2.19. The predicted molar refractivity (Wildman–Crippen MR) is 103 cm³/mol. The Kier molecular flexibility index (Phi) is 3.88.